The van der Waals surface area contributed by atoms with E-state index < -0.39 is 18.0 Å². The molecular weight excluding hydrogens is 486 g/mol. The molecule has 5 rings (SSSR count). The fourth-order valence-corrected chi connectivity index (χ4v) is 4.53. The predicted octanol–water partition coefficient (Wildman–Crippen LogP) is 4.60. The van der Waals surface area contributed by atoms with Crippen LogP contribution in [-0.4, -0.2) is 39.7 Å². The van der Waals surface area contributed by atoms with Crippen LogP contribution in [0.25, 0.3) is 0 Å². The summed E-state index contributed by atoms with van der Waals surface area (Å²) in [4.78, 5) is 28.1. The number of carboxylic acids is 1. The summed E-state index contributed by atoms with van der Waals surface area (Å²) in [5, 5.41) is 26.1. The van der Waals surface area contributed by atoms with Crippen molar-refractivity contribution in [1.29, 1.82) is 0 Å². The first-order chi connectivity index (χ1) is 18.4. The number of amides is 1. The van der Waals surface area contributed by atoms with E-state index in [2.05, 4.69) is 15.6 Å². The second kappa shape index (κ2) is 11.3. The molecule has 38 heavy (non-hydrogen) atoms. The van der Waals surface area contributed by atoms with Gasteiger partial charge in [0.25, 0.3) is 5.91 Å². The molecule has 2 aromatic heterocycles. The molecule has 4 N–H and O–H groups in total. The van der Waals surface area contributed by atoms with Crippen LogP contribution in [-0.2, 0) is 12.8 Å². The normalized spacial score (nSPS) is 15.3. The van der Waals surface area contributed by atoms with Crippen molar-refractivity contribution >= 4 is 17.6 Å². The Morgan fingerprint density at radius 1 is 1.08 bits per heavy atom. The lowest BCUT2D eigenvalue weighted by Gasteiger charge is -2.27. The molecule has 0 radical (unpaired) electrons. The van der Waals surface area contributed by atoms with Gasteiger partial charge in [-0.3, -0.25) is 9.78 Å². The highest BCUT2D eigenvalue weighted by Gasteiger charge is 2.21. The Balaban J connectivity index is 1.27. The molecule has 194 valence electrons. The zero-order valence-corrected chi connectivity index (χ0v) is 20.5. The number of ether oxygens (including phenoxy) is 1. The van der Waals surface area contributed by atoms with Crippen molar-refractivity contribution in [2.45, 2.75) is 31.4 Å². The van der Waals surface area contributed by atoms with Crippen molar-refractivity contribution in [2.24, 2.45) is 0 Å². The number of rotatable bonds is 9. The molecule has 1 aliphatic carbocycles. The molecular formula is C29H27N3O6. The summed E-state index contributed by atoms with van der Waals surface area (Å²) >= 11 is 0. The molecule has 2 aromatic carbocycles. The number of benzene rings is 2. The Morgan fingerprint density at radius 2 is 1.97 bits per heavy atom. The Labute approximate surface area is 219 Å². The first-order valence-electron chi connectivity index (χ1n) is 12.3. The number of hydrogen-bond acceptors (Lipinski definition) is 7. The highest BCUT2D eigenvalue weighted by atomic mass is 16.5. The third-order valence-corrected chi connectivity index (χ3v) is 6.47. The van der Waals surface area contributed by atoms with Crippen molar-refractivity contribution in [3.05, 3.63) is 107 Å². The minimum atomic E-state index is -1.14. The van der Waals surface area contributed by atoms with Gasteiger partial charge >= 0.3 is 5.97 Å². The van der Waals surface area contributed by atoms with E-state index in [1.165, 1.54) is 30.0 Å². The maximum atomic E-state index is 12.4. The molecule has 2 heterocycles. The number of nitrogens with one attached hydrogen (secondary N) is 2. The van der Waals surface area contributed by atoms with Crippen LogP contribution in [0.1, 0.15) is 50.1 Å². The van der Waals surface area contributed by atoms with E-state index in [1.807, 2.05) is 24.3 Å². The van der Waals surface area contributed by atoms with Gasteiger partial charge in [-0.05, 0) is 72.9 Å². The number of furan rings is 1. The monoisotopic (exact) mass is 513 g/mol. The van der Waals surface area contributed by atoms with Gasteiger partial charge in [0.05, 0.1) is 17.9 Å². The lowest BCUT2D eigenvalue weighted by Crippen LogP contribution is -2.37. The molecule has 9 heteroatoms. The first-order valence-corrected chi connectivity index (χ1v) is 12.3. The molecule has 4 aromatic rings. The van der Waals surface area contributed by atoms with Crippen molar-refractivity contribution < 1.29 is 29.0 Å². The van der Waals surface area contributed by atoms with Gasteiger partial charge in [-0.2, -0.15) is 0 Å². The summed E-state index contributed by atoms with van der Waals surface area (Å²) in [7, 11) is 0. The molecule has 0 saturated heterocycles. The Hall–Kier alpha value is -4.47. The number of aliphatic hydroxyl groups is 1. The molecule has 0 fully saturated rings. The smallest absolute Gasteiger partial charge is 0.335 e. The second-order valence-corrected chi connectivity index (χ2v) is 9.17. The number of aromatic carboxylic acids is 1. The van der Waals surface area contributed by atoms with Crippen LogP contribution in [0.4, 0.5) is 5.69 Å². The van der Waals surface area contributed by atoms with Crippen LogP contribution in [0.2, 0.25) is 0 Å². The predicted molar refractivity (Wildman–Crippen MR) is 140 cm³/mol. The van der Waals surface area contributed by atoms with Crippen LogP contribution in [0.15, 0.2) is 83.7 Å². The van der Waals surface area contributed by atoms with Crippen molar-refractivity contribution in [3.8, 4) is 11.5 Å². The molecule has 0 aliphatic heterocycles. The average Bonchev–Trinajstić information content (AvgIpc) is 3.47. The third-order valence-electron chi connectivity index (χ3n) is 6.47. The topological polar surface area (TPSA) is 134 Å². The average molecular weight is 514 g/mol. The number of nitrogens with zero attached hydrogens (tertiary/aromatic N) is 1. The molecule has 1 aliphatic rings. The lowest BCUT2D eigenvalue weighted by molar-refractivity contribution is 0.0696. The van der Waals surface area contributed by atoms with Gasteiger partial charge in [0.15, 0.2) is 5.76 Å². The highest BCUT2D eigenvalue weighted by molar-refractivity contribution is 6.03. The summed E-state index contributed by atoms with van der Waals surface area (Å²) < 4.78 is 11.1. The van der Waals surface area contributed by atoms with Crippen LogP contribution >= 0.6 is 0 Å². The van der Waals surface area contributed by atoms with E-state index in [1.54, 1.807) is 30.6 Å². The van der Waals surface area contributed by atoms with Gasteiger partial charge in [-0.15, -0.1) is 0 Å². The summed E-state index contributed by atoms with van der Waals surface area (Å²) in [6.07, 6.45) is 6.71. The molecule has 1 amide bonds. The molecule has 2 atom stereocenters. The number of carbonyl (C=O) groups is 2. The molecule has 9 nitrogen and oxygen atoms in total. The van der Waals surface area contributed by atoms with Gasteiger partial charge in [-0.1, -0.05) is 12.1 Å². The molecule has 0 saturated carbocycles. The summed E-state index contributed by atoms with van der Waals surface area (Å²) in [5.74, 6) is -0.685. The third kappa shape index (κ3) is 6.08. The standard InChI is InChI=1S/C29H27N3O6/c33-26(19-3-1-9-30-16-19)17-31-22-7-5-18-6-8-24(13-20(18)11-22)38-25-14-21(29(35)36)12-23(15-25)32-28(34)27-4-2-10-37-27/h1-4,6,8-10,12-16,22,26,31,33H,5,7,11,17H2,(H,32,34)(H,35,36)/t22-,26+/m0/s1. The van der Waals surface area contributed by atoms with E-state index in [9.17, 15) is 19.8 Å². The van der Waals surface area contributed by atoms with Crippen molar-refractivity contribution in [1.82, 2.24) is 10.3 Å². The Bertz CT molecular complexity index is 1420. The van der Waals surface area contributed by atoms with E-state index >= 15 is 0 Å². The SMILES string of the molecule is O=C(O)c1cc(NC(=O)c2ccco2)cc(Oc2ccc3c(c2)C[C@@H](NC[C@@H](O)c2cccnc2)CC3)c1. The van der Waals surface area contributed by atoms with E-state index in [0.29, 0.717) is 12.3 Å². The number of anilines is 1. The maximum absolute atomic E-state index is 12.4. The number of fused-ring (bicyclic) bond motifs is 1. The number of hydrogen-bond donors (Lipinski definition) is 4. The van der Waals surface area contributed by atoms with Gasteiger partial charge in [0.2, 0.25) is 0 Å². The minimum Gasteiger partial charge on any atom is -0.478 e. The summed E-state index contributed by atoms with van der Waals surface area (Å²) in [6.45, 7) is 0.427. The highest BCUT2D eigenvalue weighted by Crippen LogP contribution is 2.31. The zero-order chi connectivity index (χ0) is 26.5. The van der Waals surface area contributed by atoms with E-state index in [-0.39, 0.29) is 28.8 Å². The first kappa shape index (κ1) is 25.2. The number of pyridine rings is 1. The van der Waals surface area contributed by atoms with Crippen LogP contribution in [0.5, 0.6) is 11.5 Å². The number of aryl methyl sites for hydroxylation is 1. The van der Waals surface area contributed by atoms with Crippen LogP contribution in [0.3, 0.4) is 0 Å². The van der Waals surface area contributed by atoms with Crippen LogP contribution in [0, 0.1) is 0 Å². The minimum absolute atomic E-state index is 0.0216. The Kier molecular flexibility index (Phi) is 7.48. The van der Waals surface area contributed by atoms with Gasteiger partial charge in [0, 0.05) is 42.3 Å². The quantitative estimate of drug-likeness (QED) is 0.255. The number of aromatic nitrogens is 1. The number of carboxylic acid groups (broad SMARTS) is 1. The fourth-order valence-electron chi connectivity index (χ4n) is 4.53. The van der Waals surface area contributed by atoms with E-state index in [4.69, 9.17) is 9.15 Å². The van der Waals surface area contributed by atoms with Crippen molar-refractivity contribution in [3.63, 3.8) is 0 Å². The molecule has 0 spiro atoms. The zero-order valence-electron chi connectivity index (χ0n) is 20.5. The Morgan fingerprint density at radius 3 is 2.74 bits per heavy atom. The fraction of sp³-hybridized carbons (Fsp3) is 0.207. The summed E-state index contributed by atoms with van der Waals surface area (Å²) in [5.41, 5.74) is 3.38. The van der Waals surface area contributed by atoms with Gasteiger partial charge in [0.1, 0.15) is 11.5 Å². The van der Waals surface area contributed by atoms with Crippen LogP contribution < -0.4 is 15.4 Å². The van der Waals surface area contributed by atoms with E-state index in [0.717, 1.165) is 30.4 Å². The lowest BCUT2D eigenvalue weighted by atomic mass is 9.88. The largest absolute Gasteiger partial charge is 0.478 e. The second-order valence-electron chi connectivity index (χ2n) is 9.17. The molecule has 0 unspecified atom stereocenters. The number of aliphatic hydroxyl groups excluding tert-OH is 1. The maximum Gasteiger partial charge on any atom is 0.335 e. The van der Waals surface area contributed by atoms with Gasteiger partial charge < -0.3 is 30.0 Å². The summed E-state index contributed by atoms with van der Waals surface area (Å²) in [6, 6.07) is 17.1. The molecule has 0 bridgehead atoms. The van der Waals surface area contributed by atoms with Crippen molar-refractivity contribution in [2.75, 3.05) is 11.9 Å². The van der Waals surface area contributed by atoms with Gasteiger partial charge in [-0.25, -0.2) is 4.79 Å². The number of carbonyl (C=O) groups excluding carboxylic acids is 1.